The molecule has 0 bridgehead atoms. The molecule has 0 aliphatic carbocycles. The SMILES string of the molecule is COc1cc(S(=O)(=O)C(C)CO)c(OC)cc1CCNC(C)=O. The summed E-state index contributed by atoms with van der Waals surface area (Å²) < 4.78 is 35.4. The number of nitrogens with one attached hydrogen (secondary N) is 1. The first-order chi connectivity index (χ1) is 10.8. The van der Waals surface area contributed by atoms with E-state index in [0.29, 0.717) is 24.3 Å². The van der Waals surface area contributed by atoms with Gasteiger partial charge < -0.3 is 19.9 Å². The van der Waals surface area contributed by atoms with Gasteiger partial charge in [0.05, 0.1) is 26.1 Å². The smallest absolute Gasteiger partial charge is 0.216 e. The van der Waals surface area contributed by atoms with Gasteiger partial charge in [0.25, 0.3) is 0 Å². The zero-order valence-electron chi connectivity index (χ0n) is 13.8. The Hall–Kier alpha value is -1.80. The zero-order valence-corrected chi connectivity index (χ0v) is 14.6. The molecule has 23 heavy (non-hydrogen) atoms. The third-order valence-corrected chi connectivity index (χ3v) is 5.57. The summed E-state index contributed by atoms with van der Waals surface area (Å²) in [7, 11) is -0.923. The maximum atomic E-state index is 12.5. The van der Waals surface area contributed by atoms with E-state index in [2.05, 4.69) is 5.32 Å². The first-order valence-electron chi connectivity index (χ1n) is 7.12. The summed E-state index contributed by atoms with van der Waals surface area (Å²) in [5.41, 5.74) is 0.716. The lowest BCUT2D eigenvalue weighted by Crippen LogP contribution is -2.23. The predicted molar refractivity (Wildman–Crippen MR) is 85.7 cm³/mol. The fraction of sp³-hybridized carbons (Fsp3) is 0.533. The van der Waals surface area contributed by atoms with Crippen molar-refractivity contribution in [2.45, 2.75) is 30.4 Å². The van der Waals surface area contributed by atoms with Gasteiger partial charge in [0, 0.05) is 19.5 Å². The Bertz CT molecular complexity index is 656. The second-order valence-electron chi connectivity index (χ2n) is 5.09. The molecule has 8 heteroatoms. The predicted octanol–water partition coefficient (Wildman–Crippen LogP) is 0.537. The summed E-state index contributed by atoms with van der Waals surface area (Å²) in [5.74, 6) is 0.427. The van der Waals surface area contributed by atoms with Crippen LogP contribution in [0.2, 0.25) is 0 Å². The molecule has 0 aliphatic rings. The largest absolute Gasteiger partial charge is 0.496 e. The summed E-state index contributed by atoms with van der Waals surface area (Å²) in [6.45, 7) is 2.75. The molecule has 1 rings (SSSR count). The van der Waals surface area contributed by atoms with Crippen molar-refractivity contribution in [1.82, 2.24) is 5.32 Å². The van der Waals surface area contributed by atoms with E-state index < -0.39 is 21.7 Å². The molecule has 1 aromatic rings. The Morgan fingerprint density at radius 3 is 2.35 bits per heavy atom. The molecule has 0 radical (unpaired) electrons. The van der Waals surface area contributed by atoms with Crippen LogP contribution in [0.1, 0.15) is 19.4 Å². The lowest BCUT2D eigenvalue weighted by atomic mass is 10.1. The van der Waals surface area contributed by atoms with Gasteiger partial charge in [-0.2, -0.15) is 0 Å². The summed E-state index contributed by atoms with van der Waals surface area (Å²) in [5, 5.41) is 10.9. The molecule has 1 unspecified atom stereocenters. The standard InChI is InChI=1S/C15H23NO6S/c1-10(9-17)23(19,20)15-8-13(21-3)12(7-14(15)22-4)5-6-16-11(2)18/h7-8,10,17H,5-6,9H2,1-4H3,(H,16,18). The minimum atomic E-state index is -3.74. The second kappa shape index (κ2) is 8.16. The van der Waals surface area contributed by atoms with Crippen LogP contribution in [-0.4, -0.2) is 52.1 Å². The highest BCUT2D eigenvalue weighted by Gasteiger charge is 2.28. The van der Waals surface area contributed by atoms with Crippen LogP contribution in [0.25, 0.3) is 0 Å². The molecule has 1 aromatic carbocycles. The van der Waals surface area contributed by atoms with Crippen LogP contribution in [0.15, 0.2) is 17.0 Å². The molecule has 7 nitrogen and oxygen atoms in total. The third kappa shape index (κ3) is 4.59. The average Bonchev–Trinajstić information content (AvgIpc) is 2.52. The van der Waals surface area contributed by atoms with E-state index in [4.69, 9.17) is 14.6 Å². The Balaban J connectivity index is 3.28. The molecule has 0 spiro atoms. The summed E-state index contributed by atoms with van der Waals surface area (Å²) in [6.07, 6.45) is 0.467. The van der Waals surface area contributed by atoms with Gasteiger partial charge in [0.2, 0.25) is 5.91 Å². The number of hydrogen-bond acceptors (Lipinski definition) is 6. The van der Waals surface area contributed by atoms with Crippen LogP contribution in [-0.2, 0) is 21.1 Å². The van der Waals surface area contributed by atoms with Crippen molar-refractivity contribution in [1.29, 1.82) is 0 Å². The fourth-order valence-corrected chi connectivity index (χ4v) is 3.36. The maximum Gasteiger partial charge on any atom is 0.216 e. The molecule has 0 aromatic heterocycles. The van der Waals surface area contributed by atoms with Crippen molar-refractivity contribution in [2.75, 3.05) is 27.4 Å². The highest BCUT2D eigenvalue weighted by Crippen LogP contribution is 2.34. The molecule has 0 fully saturated rings. The van der Waals surface area contributed by atoms with Gasteiger partial charge in [-0.15, -0.1) is 0 Å². The Kier molecular flexibility index (Phi) is 6.83. The van der Waals surface area contributed by atoms with Gasteiger partial charge in [-0.25, -0.2) is 8.42 Å². The number of carbonyl (C=O) groups is 1. The molecular formula is C15H23NO6S. The van der Waals surface area contributed by atoms with E-state index in [1.807, 2.05) is 0 Å². The minimum Gasteiger partial charge on any atom is -0.496 e. The van der Waals surface area contributed by atoms with Crippen molar-refractivity contribution in [3.8, 4) is 11.5 Å². The molecule has 1 atom stereocenters. The van der Waals surface area contributed by atoms with Gasteiger partial charge in [-0.05, 0) is 25.0 Å². The lowest BCUT2D eigenvalue weighted by molar-refractivity contribution is -0.118. The summed E-state index contributed by atoms with van der Waals surface area (Å²) >= 11 is 0. The van der Waals surface area contributed by atoms with Crippen LogP contribution < -0.4 is 14.8 Å². The Morgan fingerprint density at radius 2 is 1.87 bits per heavy atom. The van der Waals surface area contributed by atoms with Crippen molar-refractivity contribution in [2.24, 2.45) is 0 Å². The van der Waals surface area contributed by atoms with E-state index in [9.17, 15) is 13.2 Å². The topological polar surface area (TPSA) is 102 Å². The van der Waals surface area contributed by atoms with Crippen molar-refractivity contribution in [3.63, 3.8) is 0 Å². The van der Waals surface area contributed by atoms with Crippen LogP contribution in [0, 0.1) is 0 Å². The maximum absolute atomic E-state index is 12.5. The lowest BCUT2D eigenvalue weighted by Gasteiger charge is -2.17. The first kappa shape index (κ1) is 19.2. The van der Waals surface area contributed by atoms with Crippen molar-refractivity contribution < 1.29 is 27.8 Å². The van der Waals surface area contributed by atoms with Gasteiger partial charge >= 0.3 is 0 Å². The van der Waals surface area contributed by atoms with E-state index in [1.54, 1.807) is 6.07 Å². The molecule has 0 aliphatic heterocycles. The van der Waals surface area contributed by atoms with E-state index in [-0.39, 0.29) is 16.6 Å². The number of ether oxygens (including phenoxy) is 2. The molecule has 0 saturated heterocycles. The van der Waals surface area contributed by atoms with Crippen LogP contribution in [0.3, 0.4) is 0 Å². The van der Waals surface area contributed by atoms with E-state index in [0.717, 1.165) is 0 Å². The Labute approximate surface area is 136 Å². The normalized spacial score (nSPS) is 12.6. The molecule has 1 amide bonds. The van der Waals surface area contributed by atoms with Crippen LogP contribution in [0.4, 0.5) is 0 Å². The number of carbonyl (C=O) groups excluding carboxylic acids is 1. The van der Waals surface area contributed by atoms with Gasteiger partial charge in [-0.3, -0.25) is 4.79 Å². The van der Waals surface area contributed by atoms with Gasteiger partial charge in [0.15, 0.2) is 9.84 Å². The number of hydrogen-bond donors (Lipinski definition) is 2. The Morgan fingerprint density at radius 1 is 1.26 bits per heavy atom. The molecule has 130 valence electrons. The van der Waals surface area contributed by atoms with Crippen LogP contribution in [0.5, 0.6) is 11.5 Å². The number of methoxy groups -OCH3 is 2. The van der Waals surface area contributed by atoms with Crippen molar-refractivity contribution in [3.05, 3.63) is 17.7 Å². The molecule has 2 N–H and O–H groups in total. The summed E-state index contributed by atoms with van der Waals surface area (Å²) in [6, 6.07) is 2.97. The molecule has 0 saturated carbocycles. The van der Waals surface area contributed by atoms with E-state index in [1.165, 1.54) is 34.1 Å². The number of benzene rings is 1. The van der Waals surface area contributed by atoms with Crippen LogP contribution >= 0.6 is 0 Å². The summed E-state index contributed by atoms with van der Waals surface area (Å²) in [4.78, 5) is 10.9. The highest BCUT2D eigenvalue weighted by atomic mass is 32.2. The van der Waals surface area contributed by atoms with Gasteiger partial charge in [-0.1, -0.05) is 0 Å². The first-order valence-corrected chi connectivity index (χ1v) is 8.66. The number of rotatable bonds is 8. The quantitative estimate of drug-likeness (QED) is 0.713. The van der Waals surface area contributed by atoms with E-state index >= 15 is 0 Å². The fourth-order valence-electron chi connectivity index (χ4n) is 2.04. The highest BCUT2D eigenvalue weighted by molar-refractivity contribution is 7.92. The number of aliphatic hydroxyl groups is 1. The van der Waals surface area contributed by atoms with Crippen molar-refractivity contribution >= 4 is 15.7 Å². The number of amides is 1. The molecular weight excluding hydrogens is 322 g/mol. The molecule has 0 heterocycles. The number of sulfone groups is 1. The third-order valence-electron chi connectivity index (χ3n) is 3.43. The average molecular weight is 345 g/mol. The second-order valence-corrected chi connectivity index (χ2v) is 7.42. The number of aliphatic hydroxyl groups excluding tert-OH is 1. The minimum absolute atomic E-state index is 0.0262. The monoisotopic (exact) mass is 345 g/mol. The zero-order chi connectivity index (χ0) is 17.6. The van der Waals surface area contributed by atoms with Gasteiger partial charge in [0.1, 0.15) is 16.4 Å².